The number of alkyl halides is 3. The van der Waals surface area contributed by atoms with Crippen molar-refractivity contribution in [3.05, 3.63) is 0 Å². The van der Waals surface area contributed by atoms with E-state index in [1.54, 1.807) is 0 Å². The van der Waals surface area contributed by atoms with Gasteiger partial charge in [-0.2, -0.15) is 13.2 Å². The number of carbonyl (C=O) groups excluding carboxylic acids is 2. The number of carbonyl (C=O) groups is 2. The van der Waals surface area contributed by atoms with Crippen LogP contribution in [0.25, 0.3) is 0 Å². The van der Waals surface area contributed by atoms with E-state index < -0.39 is 22.8 Å². The van der Waals surface area contributed by atoms with Crippen molar-refractivity contribution in [1.29, 1.82) is 0 Å². The maximum Gasteiger partial charge on any atom is 0.417 e. The number of hydrogen-bond donors (Lipinski definition) is 1. The SMILES string of the molecule is C[C@@H]([C@H]1CC[C@H]2[C@@H]3CC[C@@H]4C[C@@](O)(C(F)(F)F)CC[C@]4(C)[C@H]3CC[C@]12C)[C@@H](C)OC(=O)CC(C)(C)CC(=O)OC(C)(C)C. The predicted octanol–water partition coefficient (Wildman–Crippen LogP) is 8.65. The highest BCUT2D eigenvalue weighted by molar-refractivity contribution is 5.74. The van der Waals surface area contributed by atoms with E-state index in [2.05, 4.69) is 20.8 Å². The number of hydrogen-bond acceptors (Lipinski definition) is 5. The van der Waals surface area contributed by atoms with Crippen molar-refractivity contribution in [3.63, 3.8) is 0 Å². The molecule has 5 nitrogen and oxygen atoms in total. The third-order valence-corrected chi connectivity index (χ3v) is 12.7. The summed E-state index contributed by atoms with van der Waals surface area (Å²) >= 11 is 0. The summed E-state index contributed by atoms with van der Waals surface area (Å²) in [6.45, 7) is 18.1. The van der Waals surface area contributed by atoms with Crippen LogP contribution < -0.4 is 0 Å². The molecule has 1 N–H and O–H groups in total. The second-order valence-electron chi connectivity index (χ2n) is 17.3. The summed E-state index contributed by atoms with van der Waals surface area (Å²) in [5.41, 5.74) is -3.73. The zero-order valence-corrected chi connectivity index (χ0v) is 28.0. The lowest BCUT2D eigenvalue weighted by Crippen LogP contribution is -2.59. The molecule has 0 spiro atoms. The minimum Gasteiger partial charge on any atom is -0.462 e. The van der Waals surface area contributed by atoms with Gasteiger partial charge in [0.2, 0.25) is 0 Å². The molecule has 0 heterocycles. The standard InChI is InChI=1S/C35H57F3O5/c1-21(22(2)42-28(39)19-31(6,7)20-29(40)43-30(3,4)5)25-12-13-26-24-11-10-23-18-34(41,35(36,37)38)17-16-32(23,8)27(24)14-15-33(25,26)9/h21-27,41H,10-20H2,1-9H3/t21-,22-,23-,24+,25-,26+,27+,32+,33-,34-/m1/s1. The minimum absolute atomic E-state index is 0.0893. The molecular weight excluding hydrogens is 557 g/mol. The number of rotatable bonds is 7. The monoisotopic (exact) mass is 614 g/mol. The summed E-state index contributed by atoms with van der Waals surface area (Å²) in [6.07, 6.45) is 1.51. The van der Waals surface area contributed by atoms with E-state index >= 15 is 0 Å². The van der Waals surface area contributed by atoms with Gasteiger partial charge in [0, 0.05) is 0 Å². The van der Waals surface area contributed by atoms with Crippen LogP contribution in [-0.4, -0.2) is 40.5 Å². The van der Waals surface area contributed by atoms with Crippen LogP contribution in [0.15, 0.2) is 0 Å². The predicted molar refractivity (Wildman–Crippen MR) is 160 cm³/mol. The molecule has 4 saturated carbocycles. The highest BCUT2D eigenvalue weighted by Gasteiger charge is 2.65. The zero-order chi connectivity index (χ0) is 32.4. The van der Waals surface area contributed by atoms with Crippen molar-refractivity contribution in [1.82, 2.24) is 0 Å². The molecule has 0 aromatic rings. The highest BCUT2D eigenvalue weighted by atomic mass is 19.4. The molecule has 248 valence electrons. The van der Waals surface area contributed by atoms with Crippen LogP contribution >= 0.6 is 0 Å². The molecule has 43 heavy (non-hydrogen) atoms. The Balaban J connectivity index is 1.38. The lowest BCUT2D eigenvalue weighted by atomic mass is 9.43. The first-order valence-electron chi connectivity index (χ1n) is 16.7. The molecule has 8 heteroatoms. The van der Waals surface area contributed by atoms with E-state index in [0.717, 1.165) is 38.5 Å². The van der Waals surface area contributed by atoms with Crippen LogP contribution in [0.2, 0.25) is 0 Å². The Morgan fingerprint density at radius 1 is 0.837 bits per heavy atom. The molecule has 0 saturated heterocycles. The molecule has 0 aliphatic heterocycles. The van der Waals surface area contributed by atoms with Gasteiger partial charge in [-0.1, -0.05) is 34.6 Å². The minimum atomic E-state index is -4.57. The number of aliphatic hydroxyl groups is 1. The molecule has 0 bridgehead atoms. The van der Waals surface area contributed by atoms with Gasteiger partial charge in [-0.25, -0.2) is 0 Å². The van der Waals surface area contributed by atoms with Crippen LogP contribution in [0, 0.1) is 51.8 Å². The van der Waals surface area contributed by atoms with Gasteiger partial charge in [0.15, 0.2) is 5.60 Å². The van der Waals surface area contributed by atoms with Gasteiger partial charge in [-0.05, 0) is 137 Å². The van der Waals surface area contributed by atoms with Crippen LogP contribution in [0.5, 0.6) is 0 Å². The molecule has 0 radical (unpaired) electrons. The Kier molecular flexibility index (Phi) is 9.24. The van der Waals surface area contributed by atoms with E-state index in [4.69, 9.17) is 9.47 Å². The lowest BCUT2D eigenvalue weighted by molar-refractivity contribution is -0.290. The number of esters is 2. The average molecular weight is 615 g/mol. The van der Waals surface area contributed by atoms with Crippen LogP contribution in [0.1, 0.15) is 133 Å². The zero-order valence-electron chi connectivity index (χ0n) is 28.0. The molecule has 4 fully saturated rings. The second kappa shape index (κ2) is 11.5. The molecule has 10 atom stereocenters. The Hall–Kier alpha value is -1.31. The summed E-state index contributed by atoms with van der Waals surface area (Å²) in [6, 6.07) is 0. The number of halogens is 3. The maximum atomic E-state index is 13.7. The van der Waals surface area contributed by atoms with Gasteiger partial charge in [0.25, 0.3) is 0 Å². The van der Waals surface area contributed by atoms with Gasteiger partial charge in [0.1, 0.15) is 11.7 Å². The molecule has 0 aromatic heterocycles. The summed E-state index contributed by atoms with van der Waals surface area (Å²) in [4.78, 5) is 25.4. The van der Waals surface area contributed by atoms with Crippen molar-refractivity contribution in [2.75, 3.05) is 0 Å². The first-order chi connectivity index (χ1) is 19.5. The van der Waals surface area contributed by atoms with Gasteiger partial charge in [0.05, 0.1) is 12.8 Å². The molecule has 4 aliphatic rings. The molecule has 4 aliphatic carbocycles. The molecule has 0 unspecified atom stereocenters. The summed E-state index contributed by atoms with van der Waals surface area (Å²) in [7, 11) is 0. The summed E-state index contributed by atoms with van der Waals surface area (Å²) < 4.78 is 52.6. The fraction of sp³-hybridized carbons (Fsp3) is 0.943. The largest absolute Gasteiger partial charge is 0.462 e. The van der Waals surface area contributed by atoms with Crippen molar-refractivity contribution >= 4 is 11.9 Å². The third-order valence-electron chi connectivity index (χ3n) is 12.7. The van der Waals surface area contributed by atoms with E-state index in [0.29, 0.717) is 30.1 Å². The Bertz CT molecular complexity index is 1050. The fourth-order valence-electron chi connectivity index (χ4n) is 10.3. The first-order valence-corrected chi connectivity index (χ1v) is 16.7. The third kappa shape index (κ3) is 6.79. The quantitative estimate of drug-likeness (QED) is 0.291. The Labute approximate surface area is 257 Å². The van der Waals surface area contributed by atoms with E-state index in [9.17, 15) is 27.9 Å². The normalized spacial score (nSPS) is 39.6. The number of fused-ring (bicyclic) bond motifs is 5. The maximum absolute atomic E-state index is 13.7. The van der Waals surface area contributed by atoms with Crippen LogP contribution in [-0.2, 0) is 19.1 Å². The number of ether oxygens (including phenoxy) is 2. The second-order valence-corrected chi connectivity index (χ2v) is 17.3. The van der Waals surface area contributed by atoms with Gasteiger partial charge in [-0.3, -0.25) is 9.59 Å². The van der Waals surface area contributed by atoms with E-state index in [1.165, 1.54) is 0 Å². The van der Waals surface area contributed by atoms with Crippen molar-refractivity contribution in [3.8, 4) is 0 Å². The van der Waals surface area contributed by atoms with Gasteiger partial charge in [-0.15, -0.1) is 0 Å². The van der Waals surface area contributed by atoms with Gasteiger partial charge >= 0.3 is 18.1 Å². The molecule has 0 amide bonds. The van der Waals surface area contributed by atoms with E-state index in [-0.39, 0.29) is 66.4 Å². The molecule has 0 aromatic carbocycles. The topological polar surface area (TPSA) is 72.8 Å². The van der Waals surface area contributed by atoms with Crippen molar-refractivity contribution < 1.29 is 37.3 Å². The van der Waals surface area contributed by atoms with Crippen LogP contribution in [0.3, 0.4) is 0 Å². The van der Waals surface area contributed by atoms with Gasteiger partial charge < -0.3 is 14.6 Å². The Morgan fingerprint density at radius 2 is 1.44 bits per heavy atom. The summed E-state index contributed by atoms with van der Waals surface area (Å²) in [5.74, 6) is 1.30. The highest BCUT2D eigenvalue weighted by Crippen LogP contribution is 2.69. The smallest absolute Gasteiger partial charge is 0.417 e. The van der Waals surface area contributed by atoms with Crippen molar-refractivity contribution in [2.45, 2.75) is 156 Å². The van der Waals surface area contributed by atoms with E-state index in [1.807, 2.05) is 41.5 Å². The lowest BCUT2D eigenvalue weighted by Gasteiger charge is -2.62. The summed E-state index contributed by atoms with van der Waals surface area (Å²) in [5, 5.41) is 10.5. The van der Waals surface area contributed by atoms with Crippen molar-refractivity contribution in [2.24, 2.45) is 51.8 Å². The molecular formula is C35H57F3O5. The fourth-order valence-corrected chi connectivity index (χ4v) is 10.3. The van der Waals surface area contributed by atoms with Crippen LogP contribution in [0.4, 0.5) is 13.2 Å². The average Bonchev–Trinajstić information content (AvgIpc) is 3.18. The first kappa shape index (κ1) is 34.6. The Morgan fingerprint density at radius 3 is 2.05 bits per heavy atom. The molecule has 4 rings (SSSR count).